The predicted molar refractivity (Wildman–Crippen MR) is 81.8 cm³/mol. The standard InChI is InChI=1S/C10H16FN2O14P3.4Li/c1-4-2-13(10(16)12-8(4)15)9-6(11)7(14)5(25-9)3-24-29(20,21)27-30(22,23)26-28(17,18)19;;;;/h2,5-7,9,14H,3H2,1H3,(H,20,21)(H,22,23)(H,12,15,16)(H2,17,18,19);;;;/q;4*+1/p-4. The van der Waals surface area contributed by atoms with Crippen LogP contribution < -0.4 is 106 Å². The molecule has 0 aromatic carbocycles. The summed E-state index contributed by atoms with van der Waals surface area (Å²) < 4.78 is 63.1. The van der Waals surface area contributed by atoms with Crippen LogP contribution in [0.15, 0.2) is 15.8 Å². The van der Waals surface area contributed by atoms with E-state index in [1.54, 1.807) is 0 Å². The van der Waals surface area contributed by atoms with Crippen molar-refractivity contribution in [2.24, 2.45) is 0 Å². The summed E-state index contributed by atoms with van der Waals surface area (Å²) in [5, 5.41) is 9.83. The van der Waals surface area contributed by atoms with Gasteiger partial charge in [0.2, 0.25) is 0 Å². The SMILES string of the molecule is Cc1cn(C2OC(COP(=O)([O-])OP(=O)([O-])OP(=O)([O-])[O-])C(O)C2F)c(=O)[nH]c1=O.[Li+].[Li+].[Li+].[Li+]. The van der Waals surface area contributed by atoms with Crippen molar-refractivity contribution in [3.63, 3.8) is 0 Å². The number of nitrogens with zero attached hydrogens (tertiary/aromatic N) is 1. The third-order valence-corrected chi connectivity index (χ3v) is 7.18. The molecule has 0 aliphatic carbocycles. The molecule has 1 aromatic rings. The molecule has 0 saturated carbocycles. The number of aromatic nitrogens is 2. The minimum absolute atomic E-state index is 0. The molecule has 6 unspecified atom stereocenters. The van der Waals surface area contributed by atoms with Crippen molar-refractivity contribution in [2.75, 3.05) is 6.61 Å². The molecule has 2 rings (SSSR count). The van der Waals surface area contributed by atoms with Gasteiger partial charge in [-0.25, -0.2) is 13.5 Å². The first-order chi connectivity index (χ1) is 13.5. The number of alkyl halides is 1. The molecule has 1 fully saturated rings. The molecular weight excluding hydrogens is 512 g/mol. The minimum atomic E-state index is -6.20. The zero-order chi connectivity index (χ0) is 23.1. The van der Waals surface area contributed by atoms with E-state index in [1.807, 2.05) is 4.98 Å². The second-order valence-electron chi connectivity index (χ2n) is 5.78. The quantitative estimate of drug-likeness (QED) is 0.237. The normalized spacial score (nSPS) is 25.4. The van der Waals surface area contributed by atoms with E-state index in [0.29, 0.717) is 4.57 Å². The van der Waals surface area contributed by atoms with Crippen LogP contribution in [0.5, 0.6) is 0 Å². The number of phosphoric acid groups is 3. The third-order valence-electron chi connectivity index (χ3n) is 3.51. The van der Waals surface area contributed by atoms with E-state index in [-0.39, 0.29) is 81.0 Å². The van der Waals surface area contributed by atoms with E-state index in [2.05, 4.69) is 13.1 Å². The summed E-state index contributed by atoms with van der Waals surface area (Å²) in [7, 11) is -18.3. The summed E-state index contributed by atoms with van der Waals surface area (Å²) in [6, 6.07) is 0. The number of aryl methyl sites for hydroxylation is 1. The Labute approximate surface area is 238 Å². The number of aliphatic hydroxyl groups is 1. The fourth-order valence-electron chi connectivity index (χ4n) is 2.29. The van der Waals surface area contributed by atoms with Crippen LogP contribution in [-0.2, 0) is 31.6 Å². The Balaban J connectivity index is -0.00000240. The minimum Gasteiger partial charge on any atom is -0.790 e. The Hall–Kier alpha value is 1.33. The van der Waals surface area contributed by atoms with Gasteiger partial charge in [0.1, 0.15) is 12.2 Å². The maximum Gasteiger partial charge on any atom is 1.00 e. The summed E-state index contributed by atoms with van der Waals surface area (Å²) in [6.45, 7) is 0.0351. The molecule has 2 N–H and O–H groups in total. The van der Waals surface area contributed by atoms with Crippen molar-refractivity contribution in [3.8, 4) is 0 Å². The summed E-state index contributed by atoms with van der Waals surface area (Å²) in [6.07, 6.45) is -7.07. The monoisotopic (exact) mass is 524 g/mol. The van der Waals surface area contributed by atoms with E-state index in [1.165, 1.54) is 6.92 Å². The number of rotatable bonds is 8. The van der Waals surface area contributed by atoms with Crippen molar-refractivity contribution in [2.45, 2.75) is 31.5 Å². The van der Waals surface area contributed by atoms with Gasteiger partial charge in [-0.1, -0.05) is 0 Å². The van der Waals surface area contributed by atoms with Crippen LogP contribution in [0.3, 0.4) is 0 Å². The number of phosphoric ester groups is 1. The third kappa shape index (κ3) is 11.4. The maximum atomic E-state index is 14.3. The van der Waals surface area contributed by atoms with Gasteiger partial charge in [-0.2, -0.15) is 0 Å². The molecule has 1 aliphatic heterocycles. The summed E-state index contributed by atoms with van der Waals surface area (Å²) in [4.78, 5) is 68.0. The number of aliphatic hydroxyl groups excluding tert-OH is 1. The fourth-order valence-corrected chi connectivity index (χ4v) is 5.15. The topological polar surface area (TPSA) is 255 Å². The number of aromatic amines is 1. The van der Waals surface area contributed by atoms with Gasteiger partial charge in [0.05, 0.1) is 14.4 Å². The Morgan fingerprint density at radius 1 is 1.09 bits per heavy atom. The van der Waals surface area contributed by atoms with E-state index in [0.717, 1.165) is 6.20 Å². The molecule has 0 bridgehead atoms. The summed E-state index contributed by atoms with van der Waals surface area (Å²) in [5.41, 5.74) is -1.88. The number of hydrogen-bond acceptors (Lipinski definition) is 14. The van der Waals surface area contributed by atoms with E-state index < -0.39 is 65.9 Å². The Morgan fingerprint density at radius 2 is 1.62 bits per heavy atom. The molecule has 1 aliphatic rings. The van der Waals surface area contributed by atoms with Crippen molar-refractivity contribution in [1.82, 2.24) is 9.55 Å². The Morgan fingerprint density at radius 3 is 2.12 bits per heavy atom. The second-order valence-corrected chi connectivity index (χ2v) is 10.0. The van der Waals surface area contributed by atoms with Gasteiger partial charge in [0, 0.05) is 11.8 Å². The van der Waals surface area contributed by atoms with Gasteiger partial charge in [-0.15, -0.1) is 0 Å². The van der Waals surface area contributed by atoms with Crippen LogP contribution in [0.1, 0.15) is 11.8 Å². The molecule has 1 saturated heterocycles. The van der Waals surface area contributed by atoms with Crippen molar-refractivity contribution < 1.29 is 136 Å². The van der Waals surface area contributed by atoms with Crippen LogP contribution in [0.2, 0.25) is 0 Å². The molecule has 1 aromatic heterocycles. The van der Waals surface area contributed by atoms with Crippen LogP contribution >= 0.6 is 23.5 Å². The average Bonchev–Trinajstić information content (AvgIpc) is 2.81. The average molecular weight is 524 g/mol. The molecule has 172 valence electrons. The van der Waals surface area contributed by atoms with Gasteiger partial charge in [-0.3, -0.25) is 27.8 Å². The first-order valence-corrected chi connectivity index (χ1v) is 11.9. The first-order valence-electron chi connectivity index (χ1n) is 7.52. The van der Waals surface area contributed by atoms with Crippen molar-refractivity contribution in [3.05, 3.63) is 32.6 Å². The molecule has 0 radical (unpaired) electrons. The second kappa shape index (κ2) is 15.1. The zero-order valence-corrected chi connectivity index (χ0v) is 21.2. The van der Waals surface area contributed by atoms with E-state index >= 15 is 0 Å². The number of halogens is 1. The first kappa shape index (κ1) is 39.8. The summed E-state index contributed by atoms with van der Waals surface area (Å²) in [5.74, 6) is 0. The number of ether oxygens (including phenoxy) is 1. The van der Waals surface area contributed by atoms with Crippen LogP contribution in [-0.4, -0.2) is 39.6 Å². The van der Waals surface area contributed by atoms with E-state index in [9.17, 15) is 52.4 Å². The molecule has 34 heavy (non-hydrogen) atoms. The van der Waals surface area contributed by atoms with Crippen LogP contribution in [0, 0.1) is 6.92 Å². The molecule has 24 heteroatoms. The molecule has 6 atom stereocenters. The van der Waals surface area contributed by atoms with Gasteiger partial charge in [0.25, 0.3) is 21.2 Å². The number of nitrogens with one attached hydrogen (secondary N) is 1. The van der Waals surface area contributed by atoms with Crippen molar-refractivity contribution in [1.29, 1.82) is 0 Å². The summed E-state index contributed by atoms with van der Waals surface area (Å²) >= 11 is 0. The van der Waals surface area contributed by atoms with Gasteiger partial charge in [-0.05, 0) is 6.92 Å². The molecule has 0 amide bonds. The zero-order valence-electron chi connectivity index (χ0n) is 18.5. The van der Waals surface area contributed by atoms with Crippen LogP contribution in [0.25, 0.3) is 0 Å². The van der Waals surface area contributed by atoms with Crippen molar-refractivity contribution >= 4 is 23.5 Å². The fraction of sp³-hybridized carbons (Fsp3) is 0.600. The Kier molecular flexibility index (Phi) is 17.6. The van der Waals surface area contributed by atoms with Gasteiger partial charge in [0.15, 0.2) is 12.4 Å². The number of hydrogen-bond donors (Lipinski definition) is 2. The predicted octanol–water partition coefficient (Wildman–Crippen LogP) is -15.7. The Bertz CT molecular complexity index is 1070. The molecule has 16 nitrogen and oxygen atoms in total. The van der Waals surface area contributed by atoms with Gasteiger partial charge < -0.3 is 38.5 Å². The maximum absolute atomic E-state index is 14.3. The van der Waals surface area contributed by atoms with E-state index in [4.69, 9.17) is 4.74 Å². The van der Waals surface area contributed by atoms with Gasteiger partial charge >= 0.3 is 81.1 Å². The number of H-pyrrole nitrogens is 1. The smallest absolute Gasteiger partial charge is 0.790 e. The molecule has 2 heterocycles. The molecule has 0 spiro atoms. The van der Waals surface area contributed by atoms with Crippen LogP contribution in [0.4, 0.5) is 4.39 Å². The molecular formula is C10H12FLi4N2O14P3. The largest absolute Gasteiger partial charge is 1.00 e.